The maximum Gasteiger partial charge on any atom is 0.0624 e. The number of rotatable bonds is 7. The Bertz CT molecular complexity index is 251. The molecule has 0 aliphatic carbocycles. The third-order valence-electron chi connectivity index (χ3n) is 4.87. The summed E-state index contributed by atoms with van der Waals surface area (Å²) >= 11 is 0. The summed E-state index contributed by atoms with van der Waals surface area (Å²) in [6.07, 6.45) is 2.40. The Labute approximate surface area is 120 Å². The smallest absolute Gasteiger partial charge is 0.0624 e. The van der Waals surface area contributed by atoms with Crippen LogP contribution in [-0.2, 0) is 4.74 Å². The van der Waals surface area contributed by atoms with E-state index in [4.69, 9.17) is 4.74 Å². The van der Waals surface area contributed by atoms with E-state index in [0.717, 1.165) is 26.3 Å². The molecule has 1 rings (SSSR count). The third kappa shape index (κ3) is 4.17. The predicted molar refractivity (Wildman–Crippen MR) is 82.6 cm³/mol. The van der Waals surface area contributed by atoms with Crippen LogP contribution in [-0.4, -0.2) is 48.8 Å². The molecule has 0 saturated carbocycles. The molecule has 0 aromatic heterocycles. The molecule has 1 heterocycles. The van der Waals surface area contributed by atoms with E-state index in [0.29, 0.717) is 23.5 Å². The van der Waals surface area contributed by atoms with Crippen LogP contribution in [0, 0.1) is 5.92 Å². The molecule has 114 valence electrons. The van der Waals surface area contributed by atoms with Crippen LogP contribution in [0.25, 0.3) is 0 Å². The molecule has 2 atom stereocenters. The highest BCUT2D eigenvalue weighted by Gasteiger charge is 2.38. The zero-order valence-electron chi connectivity index (χ0n) is 13.8. The molecule has 0 bridgehead atoms. The Balaban J connectivity index is 2.80. The number of nitrogens with zero attached hydrogens (tertiary/aromatic N) is 1. The van der Waals surface area contributed by atoms with Gasteiger partial charge in [0.25, 0.3) is 0 Å². The number of hydrogen-bond donors (Lipinski definition) is 1. The first kappa shape index (κ1) is 16.9. The zero-order valence-corrected chi connectivity index (χ0v) is 13.8. The summed E-state index contributed by atoms with van der Waals surface area (Å²) in [6.45, 7) is 17.6. The zero-order chi connectivity index (χ0) is 14.5. The van der Waals surface area contributed by atoms with Crippen molar-refractivity contribution in [3.8, 4) is 0 Å². The lowest BCUT2D eigenvalue weighted by molar-refractivity contribution is -0.0153. The van der Waals surface area contributed by atoms with Gasteiger partial charge in [0, 0.05) is 37.3 Å². The van der Waals surface area contributed by atoms with Crippen molar-refractivity contribution in [2.45, 2.75) is 72.0 Å². The van der Waals surface area contributed by atoms with Gasteiger partial charge in [0.15, 0.2) is 0 Å². The van der Waals surface area contributed by atoms with Crippen molar-refractivity contribution in [3.63, 3.8) is 0 Å². The summed E-state index contributed by atoms with van der Waals surface area (Å²) in [5.74, 6) is 0.638. The fourth-order valence-corrected chi connectivity index (χ4v) is 3.12. The van der Waals surface area contributed by atoms with Gasteiger partial charge >= 0.3 is 0 Å². The van der Waals surface area contributed by atoms with Crippen LogP contribution in [0.15, 0.2) is 0 Å². The standard InChI is InChI=1S/C16H34N2O/c1-7-16(8-2)12-18(14(6)10-17-16)15(13(4)5)11-19-9-3/h13-15,17H,7-12H2,1-6H3. The molecule has 2 unspecified atom stereocenters. The highest BCUT2D eigenvalue weighted by atomic mass is 16.5. The van der Waals surface area contributed by atoms with Crippen LogP contribution in [0.3, 0.4) is 0 Å². The van der Waals surface area contributed by atoms with Crippen molar-refractivity contribution >= 4 is 0 Å². The minimum atomic E-state index is 0.297. The lowest BCUT2D eigenvalue weighted by Gasteiger charge is -2.50. The summed E-state index contributed by atoms with van der Waals surface area (Å²) in [6, 6.07) is 1.13. The average Bonchev–Trinajstić information content (AvgIpc) is 2.41. The molecule has 0 aromatic rings. The van der Waals surface area contributed by atoms with Crippen molar-refractivity contribution in [2.24, 2.45) is 5.92 Å². The average molecular weight is 270 g/mol. The Morgan fingerprint density at radius 1 is 1.26 bits per heavy atom. The van der Waals surface area contributed by atoms with Gasteiger partial charge in [-0.3, -0.25) is 4.90 Å². The lowest BCUT2D eigenvalue weighted by Crippen LogP contribution is -2.66. The van der Waals surface area contributed by atoms with Crippen LogP contribution in [0.2, 0.25) is 0 Å². The van der Waals surface area contributed by atoms with Crippen molar-refractivity contribution in [2.75, 3.05) is 26.3 Å². The van der Waals surface area contributed by atoms with Gasteiger partial charge in [0.1, 0.15) is 0 Å². The van der Waals surface area contributed by atoms with Crippen molar-refractivity contribution in [3.05, 3.63) is 0 Å². The molecular formula is C16H34N2O. The second-order valence-electron chi connectivity index (χ2n) is 6.36. The first-order valence-corrected chi connectivity index (χ1v) is 8.08. The highest BCUT2D eigenvalue weighted by molar-refractivity contribution is 4.98. The summed E-state index contributed by atoms with van der Waals surface area (Å²) in [4.78, 5) is 2.68. The molecule has 1 aliphatic heterocycles. The fraction of sp³-hybridized carbons (Fsp3) is 1.00. The van der Waals surface area contributed by atoms with Gasteiger partial charge in [0.2, 0.25) is 0 Å². The molecule has 1 N–H and O–H groups in total. The lowest BCUT2D eigenvalue weighted by atomic mass is 9.86. The van der Waals surface area contributed by atoms with Crippen LogP contribution >= 0.6 is 0 Å². The number of hydrogen-bond acceptors (Lipinski definition) is 3. The topological polar surface area (TPSA) is 24.5 Å². The molecule has 1 aliphatic rings. The van der Waals surface area contributed by atoms with E-state index in [1.807, 2.05) is 0 Å². The molecule has 0 spiro atoms. The van der Waals surface area contributed by atoms with Gasteiger partial charge in [0.05, 0.1) is 6.61 Å². The van der Waals surface area contributed by atoms with Gasteiger partial charge in [-0.15, -0.1) is 0 Å². The summed E-state index contributed by atoms with van der Waals surface area (Å²) in [5.41, 5.74) is 0.297. The first-order chi connectivity index (χ1) is 8.99. The van der Waals surface area contributed by atoms with Crippen LogP contribution in [0.1, 0.15) is 54.4 Å². The maximum absolute atomic E-state index is 5.73. The Hall–Kier alpha value is -0.120. The van der Waals surface area contributed by atoms with Crippen LogP contribution in [0.5, 0.6) is 0 Å². The number of nitrogens with one attached hydrogen (secondary N) is 1. The maximum atomic E-state index is 5.73. The molecule has 0 amide bonds. The molecule has 0 aromatic carbocycles. The van der Waals surface area contributed by atoms with Gasteiger partial charge in [-0.2, -0.15) is 0 Å². The van der Waals surface area contributed by atoms with Crippen molar-refractivity contribution in [1.29, 1.82) is 0 Å². The Morgan fingerprint density at radius 3 is 2.37 bits per heavy atom. The summed E-state index contributed by atoms with van der Waals surface area (Å²) in [7, 11) is 0. The molecule has 3 heteroatoms. The molecule has 1 fully saturated rings. The quantitative estimate of drug-likeness (QED) is 0.770. The van der Waals surface area contributed by atoms with Gasteiger partial charge in [-0.1, -0.05) is 27.7 Å². The van der Waals surface area contributed by atoms with E-state index in [-0.39, 0.29) is 0 Å². The van der Waals surface area contributed by atoms with Crippen molar-refractivity contribution in [1.82, 2.24) is 10.2 Å². The predicted octanol–water partition coefficient (Wildman–Crippen LogP) is 2.90. The second kappa shape index (κ2) is 7.61. The van der Waals surface area contributed by atoms with E-state index >= 15 is 0 Å². The Kier molecular flexibility index (Phi) is 6.78. The van der Waals surface area contributed by atoms with E-state index in [9.17, 15) is 0 Å². The molecular weight excluding hydrogens is 236 g/mol. The molecule has 3 nitrogen and oxygen atoms in total. The minimum Gasteiger partial charge on any atom is -0.380 e. The van der Waals surface area contributed by atoms with Gasteiger partial charge in [-0.25, -0.2) is 0 Å². The molecule has 19 heavy (non-hydrogen) atoms. The van der Waals surface area contributed by atoms with Crippen molar-refractivity contribution < 1.29 is 4.74 Å². The van der Waals surface area contributed by atoms with E-state index in [1.54, 1.807) is 0 Å². The normalized spacial score (nSPS) is 25.7. The number of ether oxygens (including phenoxy) is 1. The SMILES string of the molecule is CCOCC(C(C)C)N1CC(CC)(CC)NCC1C. The summed E-state index contributed by atoms with van der Waals surface area (Å²) in [5, 5.41) is 3.78. The largest absolute Gasteiger partial charge is 0.380 e. The third-order valence-corrected chi connectivity index (χ3v) is 4.87. The van der Waals surface area contributed by atoms with Gasteiger partial charge < -0.3 is 10.1 Å². The van der Waals surface area contributed by atoms with Crippen LogP contribution in [0.4, 0.5) is 0 Å². The number of piperazine rings is 1. The minimum absolute atomic E-state index is 0.297. The first-order valence-electron chi connectivity index (χ1n) is 8.08. The highest BCUT2D eigenvalue weighted by Crippen LogP contribution is 2.26. The second-order valence-corrected chi connectivity index (χ2v) is 6.36. The van der Waals surface area contributed by atoms with E-state index < -0.39 is 0 Å². The monoisotopic (exact) mass is 270 g/mol. The molecule has 0 radical (unpaired) electrons. The Morgan fingerprint density at radius 2 is 1.89 bits per heavy atom. The summed E-state index contributed by atoms with van der Waals surface area (Å²) < 4.78 is 5.73. The molecule has 1 saturated heterocycles. The van der Waals surface area contributed by atoms with E-state index in [1.165, 1.54) is 12.8 Å². The fourth-order valence-electron chi connectivity index (χ4n) is 3.12. The van der Waals surface area contributed by atoms with Crippen LogP contribution < -0.4 is 5.32 Å². The van der Waals surface area contributed by atoms with E-state index in [2.05, 4.69) is 51.8 Å². The van der Waals surface area contributed by atoms with Gasteiger partial charge in [-0.05, 0) is 32.6 Å².